The third-order valence-electron chi connectivity index (χ3n) is 6.40. The van der Waals surface area contributed by atoms with Crippen molar-refractivity contribution in [2.24, 2.45) is 0 Å². The van der Waals surface area contributed by atoms with E-state index >= 15 is 0 Å². The molecule has 2 heterocycles. The van der Waals surface area contributed by atoms with E-state index in [4.69, 9.17) is 14.2 Å². The van der Waals surface area contributed by atoms with E-state index in [-0.39, 0.29) is 6.03 Å². The summed E-state index contributed by atoms with van der Waals surface area (Å²) in [7, 11) is 4.45. The lowest BCUT2D eigenvalue weighted by Gasteiger charge is -2.37. The Morgan fingerprint density at radius 2 is 1.57 bits per heavy atom. The fraction of sp³-hybridized carbons (Fsp3) is 0.385. The van der Waals surface area contributed by atoms with Crippen LogP contribution in [-0.2, 0) is 16.1 Å². The first-order chi connectivity index (χ1) is 17.0. The minimum absolute atomic E-state index is 0.366. The molecule has 2 amide bonds. The van der Waals surface area contributed by atoms with Gasteiger partial charge in [0.05, 0.1) is 32.9 Å². The predicted molar refractivity (Wildman–Crippen MR) is 131 cm³/mol. The second kappa shape index (κ2) is 11.2. The summed E-state index contributed by atoms with van der Waals surface area (Å²) in [6.07, 6.45) is 0. The zero-order valence-electron chi connectivity index (χ0n) is 20.4. The van der Waals surface area contributed by atoms with Crippen LogP contribution in [0.25, 0.3) is 0 Å². The van der Waals surface area contributed by atoms with Gasteiger partial charge in [0, 0.05) is 45.0 Å². The highest BCUT2D eigenvalue weighted by atomic mass is 16.5. The highest BCUT2D eigenvalue weighted by Gasteiger charge is 2.35. The minimum Gasteiger partial charge on any atom is -0.493 e. The zero-order valence-corrected chi connectivity index (χ0v) is 20.4. The number of hydrogen-bond acceptors (Lipinski definition) is 7. The summed E-state index contributed by atoms with van der Waals surface area (Å²) >= 11 is 0. The van der Waals surface area contributed by atoms with Gasteiger partial charge in [-0.05, 0) is 23.3 Å². The van der Waals surface area contributed by atoms with E-state index in [1.165, 1.54) is 12.7 Å². The van der Waals surface area contributed by atoms with Gasteiger partial charge in [-0.3, -0.25) is 9.80 Å². The molecule has 9 heteroatoms. The van der Waals surface area contributed by atoms with Crippen molar-refractivity contribution in [3.05, 3.63) is 70.9 Å². The summed E-state index contributed by atoms with van der Waals surface area (Å²) in [5.41, 5.74) is 2.92. The van der Waals surface area contributed by atoms with Crippen LogP contribution in [0.1, 0.15) is 17.2 Å². The van der Waals surface area contributed by atoms with Crippen LogP contribution in [-0.4, -0.2) is 75.9 Å². The Hall–Kier alpha value is -3.56. The fourth-order valence-corrected chi connectivity index (χ4v) is 4.55. The van der Waals surface area contributed by atoms with Gasteiger partial charge in [-0.25, -0.2) is 9.59 Å². The van der Waals surface area contributed by atoms with Gasteiger partial charge in [0.2, 0.25) is 0 Å². The Morgan fingerprint density at radius 1 is 0.914 bits per heavy atom. The maximum Gasteiger partial charge on any atom is 0.338 e. The van der Waals surface area contributed by atoms with Crippen molar-refractivity contribution in [2.75, 3.05) is 54.1 Å². The zero-order chi connectivity index (χ0) is 24.8. The fourth-order valence-electron chi connectivity index (χ4n) is 4.55. The lowest BCUT2D eigenvalue weighted by atomic mass is 9.94. The first-order valence-electron chi connectivity index (χ1n) is 11.6. The molecule has 0 radical (unpaired) electrons. The molecule has 1 atom stereocenters. The molecule has 0 bridgehead atoms. The summed E-state index contributed by atoms with van der Waals surface area (Å²) in [4.78, 5) is 30.1. The molecule has 9 nitrogen and oxygen atoms in total. The summed E-state index contributed by atoms with van der Waals surface area (Å²) < 4.78 is 15.9. The molecule has 1 saturated heterocycles. The minimum atomic E-state index is -0.676. The molecule has 2 N–H and O–H groups in total. The second-order valence-corrected chi connectivity index (χ2v) is 8.57. The first kappa shape index (κ1) is 24.6. The highest BCUT2D eigenvalue weighted by Crippen LogP contribution is 2.34. The summed E-state index contributed by atoms with van der Waals surface area (Å²) in [5, 5.41) is 5.70. The van der Waals surface area contributed by atoms with Gasteiger partial charge in [0.25, 0.3) is 0 Å². The van der Waals surface area contributed by atoms with Crippen LogP contribution >= 0.6 is 0 Å². The molecule has 35 heavy (non-hydrogen) atoms. The van der Waals surface area contributed by atoms with Crippen LogP contribution in [0.5, 0.6) is 11.5 Å². The topological polar surface area (TPSA) is 92.4 Å². The van der Waals surface area contributed by atoms with Gasteiger partial charge in [-0.1, -0.05) is 36.4 Å². The molecule has 0 saturated carbocycles. The number of urea groups is 1. The van der Waals surface area contributed by atoms with Crippen molar-refractivity contribution in [3.8, 4) is 11.5 Å². The quantitative estimate of drug-likeness (QED) is 0.560. The average molecular weight is 481 g/mol. The number of carbonyl (C=O) groups is 2. The number of piperazine rings is 1. The number of methoxy groups -OCH3 is 3. The molecule has 2 aliphatic rings. The van der Waals surface area contributed by atoms with E-state index in [0.717, 1.165) is 32.7 Å². The molecule has 0 spiro atoms. The smallest absolute Gasteiger partial charge is 0.338 e. The van der Waals surface area contributed by atoms with E-state index < -0.39 is 12.0 Å². The van der Waals surface area contributed by atoms with Gasteiger partial charge in [0.15, 0.2) is 11.5 Å². The first-order valence-corrected chi connectivity index (χ1v) is 11.6. The summed E-state index contributed by atoms with van der Waals surface area (Å²) in [5.74, 6) is 0.585. The molecular formula is C26H32N4O5. The largest absolute Gasteiger partial charge is 0.493 e. The number of rotatable bonds is 8. The van der Waals surface area contributed by atoms with E-state index in [9.17, 15) is 9.59 Å². The Labute approximate surface area is 205 Å². The molecule has 1 unspecified atom stereocenters. The van der Waals surface area contributed by atoms with Crippen LogP contribution < -0.4 is 20.1 Å². The van der Waals surface area contributed by atoms with E-state index in [1.54, 1.807) is 32.4 Å². The highest BCUT2D eigenvalue weighted by molar-refractivity contribution is 5.95. The number of hydrogen-bond donors (Lipinski definition) is 2. The van der Waals surface area contributed by atoms with Crippen LogP contribution in [0.2, 0.25) is 0 Å². The van der Waals surface area contributed by atoms with E-state index in [0.29, 0.717) is 34.9 Å². The Morgan fingerprint density at radius 3 is 2.20 bits per heavy atom. The van der Waals surface area contributed by atoms with Gasteiger partial charge < -0.3 is 24.8 Å². The molecule has 4 rings (SSSR count). The SMILES string of the molecule is COC(=O)C1=C(CN2CCN(Cc3ccccc3)CC2)NC(=O)NC1c1ccc(OC)c(OC)c1. The maximum absolute atomic E-state index is 12.9. The summed E-state index contributed by atoms with van der Waals surface area (Å²) in [6.45, 7) is 4.82. The Kier molecular flexibility index (Phi) is 7.89. The van der Waals surface area contributed by atoms with E-state index in [2.05, 4.69) is 44.7 Å². The van der Waals surface area contributed by atoms with Crippen LogP contribution in [0, 0.1) is 0 Å². The molecular weight excluding hydrogens is 448 g/mol. The number of nitrogens with one attached hydrogen (secondary N) is 2. The van der Waals surface area contributed by atoms with Crippen LogP contribution in [0.4, 0.5) is 4.79 Å². The molecule has 2 aromatic rings. The van der Waals surface area contributed by atoms with Crippen molar-refractivity contribution in [3.63, 3.8) is 0 Å². The maximum atomic E-state index is 12.9. The van der Waals surface area contributed by atoms with Crippen LogP contribution in [0.3, 0.4) is 0 Å². The molecule has 186 valence electrons. The Bertz CT molecular complexity index is 1080. The monoisotopic (exact) mass is 480 g/mol. The molecule has 0 aliphatic carbocycles. The molecule has 2 aromatic carbocycles. The van der Waals surface area contributed by atoms with Crippen molar-refractivity contribution in [1.82, 2.24) is 20.4 Å². The third-order valence-corrected chi connectivity index (χ3v) is 6.40. The normalized spacial score (nSPS) is 19.1. The number of nitrogens with zero attached hydrogens (tertiary/aromatic N) is 2. The lowest BCUT2D eigenvalue weighted by Crippen LogP contribution is -2.51. The number of amides is 2. The van der Waals surface area contributed by atoms with E-state index in [1.807, 2.05) is 6.07 Å². The lowest BCUT2D eigenvalue weighted by molar-refractivity contribution is -0.136. The average Bonchev–Trinajstić information content (AvgIpc) is 2.89. The number of esters is 1. The van der Waals surface area contributed by atoms with Gasteiger partial charge >= 0.3 is 12.0 Å². The van der Waals surface area contributed by atoms with Crippen molar-refractivity contribution in [1.29, 1.82) is 0 Å². The van der Waals surface area contributed by atoms with Crippen molar-refractivity contribution < 1.29 is 23.8 Å². The standard InChI is InChI=1S/C26H32N4O5/c1-33-21-10-9-19(15-22(21)34-2)24-23(25(31)35-3)20(27-26(32)28-24)17-30-13-11-29(12-14-30)16-18-7-5-4-6-8-18/h4-10,15,24H,11-14,16-17H2,1-3H3,(H2,27,28,32). The molecule has 2 aliphatic heterocycles. The molecule has 1 fully saturated rings. The number of ether oxygens (including phenoxy) is 3. The van der Waals surface area contributed by atoms with Gasteiger partial charge in [-0.2, -0.15) is 0 Å². The summed E-state index contributed by atoms with van der Waals surface area (Å²) in [6, 6.07) is 14.7. The van der Waals surface area contributed by atoms with Gasteiger partial charge in [0.1, 0.15) is 0 Å². The molecule has 0 aromatic heterocycles. The van der Waals surface area contributed by atoms with Crippen molar-refractivity contribution >= 4 is 12.0 Å². The van der Waals surface area contributed by atoms with Crippen LogP contribution in [0.15, 0.2) is 59.8 Å². The Balaban J connectivity index is 1.53. The number of benzene rings is 2. The van der Waals surface area contributed by atoms with Gasteiger partial charge in [-0.15, -0.1) is 0 Å². The van der Waals surface area contributed by atoms with Crippen molar-refractivity contribution in [2.45, 2.75) is 12.6 Å². The predicted octanol–water partition coefficient (Wildman–Crippen LogP) is 2.30. The number of carbonyl (C=O) groups excluding carboxylic acids is 2. The second-order valence-electron chi connectivity index (χ2n) is 8.57. The third kappa shape index (κ3) is 5.75.